The molecule has 0 radical (unpaired) electrons. The van der Waals surface area contributed by atoms with Crippen LogP contribution in [0.25, 0.3) is 0 Å². The second kappa shape index (κ2) is 7.35. The van der Waals surface area contributed by atoms with Gasteiger partial charge in [-0.05, 0) is 18.6 Å². The number of halogens is 3. The Hall–Kier alpha value is -1.96. The number of nitrogens with zero attached hydrogens (tertiary/aromatic N) is 1. The standard InChI is InChI=1S/C14H13F3N2O2S/c15-14(16,17)11-9-12(20)19-13(18-11)22-8-4-7-21-10-5-2-1-3-6-10/h1-3,5-6,9H,4,7-8H2,(H,18,19,20). The van der Waals surface area contributed by atoms with Crippen LogP contribution in [0.3, 0.4) is 0 Å². The van der Waals surface area contributed by atoms with E-state index >= 15 is 0 Å². The molecule has 0 bridgehead atoms. The fraction of sp³-hybridized carbons (Fsp3) is 0.286. The highest BCUT2D eigenvalue weighted by Crippen LogP contribution is 2.27. The molecule has 2 rings (SSSR count). The zero-order chi connectivity index (χ0) is 16.0. The number of aromatic nitrogens is 2. The van der Waals surface area contributed by atoms with Gasteiger partial charge in [0.05, 0.1) is 6.61 Å². The molecule has 118 valence electrons. The third-order valence-corrected chi connectivity index (χ3v) is 3.51. The van der Waals surface area contributed by atoms with Crippen LogP contribution in [0.1, 0.15) is 12.1 Å². The highest BCUT2D eigenvalue weighted by molar-refractivity contribution is 7.99. The summed E-state index contributed by atoms with van der Waals surface area (Å²) in [5, 5.41) is -0.0421. The van der Waals surface area contributed by atoms with Crippen molar-refractivity contribution in [1.29, 1.82) is 0 Å². The topological polar surface area (TPSA) is 55.0 Å². The van der Waals surface area contributed by atoms with Gasteiger partial charge >= 0.3 is 6.18 Å². The average molecular weight is 330 g/mol. The number of H-pyrrole nitrogens is 1. The third kappa shape index (κ3) is 5.10. The SMILES string of the molecule is O=c1cc(C(F)(F)F)nc(SCCCOc2ccccc2)[nH]1. The highest BCUT2D eigenvalue weighted by Gasteiger charge is 2.33. The molecule has 0 atom stereocenters. The molecule has 0 aliphatic carbocycles. The van der Waals surface area contributed by atoms with Gasteiger partial charge in [-0.25, -0.2) is 4.98 Å². The zero-order valence-corrected chi connectivity index (χ0v) is 12.2. The summed E-state index contributed by atoms with van der Waals surface area (Å²) in [6, 6.07) is 9.65. The van der Waals surface area contributed by atoms with Crippen LogP contribution in [0.5, 0.6) is 5.75 Å². The van der Waals surface area contributed by atoms with Gasteiger partial charge in [0.2, 0.25) is 0 Å². The third-order valence-electron chi connectivity index (χ3n) is 2.55. The molecule has 1 aromatic heterocycles. The van der Waals surface area contributed by atoms with Gasteiger partial charge in [0.1, 0.15) is 5.75 Å². The Kier molecular flexibility index (Phi) is 5.48. The predicted molar refractivity (Wildman–Crippen MR) is 77.1 cm³/mol. The van der Waals surface area contributed by atoms with Crippen molar-refractivity contribution in [2.75, 3.05) is 12.4 Å². The monoisotopic (exact) mass is 330 g/mol. The first-order valence-corrected chi connectivity index (χ1v) is 7.43. The summed E-state index contributed by atoms with van der Waals surface area (Å²) in [6.45, 7) is 0.431. The summed E-state index contributed by atoms with van der Waals surface area (Å²) in [4.78, 5) is 16.9. The summed E-state index contributed by atoms with van der Waals surface area (Å²) in [5.74, 6) is 1.22. The molecule has 1 aromatic carbocycles. The van der Waals surface area contributed by atoms with E-state index < -0.39 is 17.4 Å². The molecule has 0 fully saturated rings. The van der Waals surface area contributed by atoms with Crippen LogP contribution in [-0.2, 0) is 6.18 Å². The van der Waals surface area contributed by atoms with E-state index in [1.807, 2.05) is 30.3 Å². The number of para-hydroxylation sites is 1. The number of nitrogens with one attached hydrogen (secondary N) is 1. The lowest BCUT2D eigenvalue weighted by molar-refractivity contribution is -0.141. The van der Waals surface area contributed by atoms with E-state index in [-0.39, 0.29) is 5.16 Å². The number of rotatable bonds is 6. The molecule has 22 heavy (non-hydrogen) atoms. The van der Waals surface area contributed by atoms with Crippen LogP contribution >= 0.6 is 11.8 Å². The Morgan fingerprint density at radius 2 is 1.95 bits per heavy atom. The number of hydrogen-bond acceptors (Lipinski definition) is 4. The molecular formula is C14H13F3N2O2S. The fourth-order valence-corrected chi connectivity index (χ4v) is 2.37. The van der Waals surface area contributed by atoms with Gasteiger partial charge in [0.15, 0.2) is 10.9 Å². The van der Waals surface area contributed by atoms with Crippen LogP contribution < -0.4 is 10.3 Å². The summed E-state index contributed by atoms with van der Waals surface area (Å²) in [6.07, 6.45) is -4.01. The molecule has 1 N–H and O–H groups in total. The van der Waals surface area contributed by atoms with Crippen LogP contribution in [0.4, 0.5) is 13.2 Å². The van der Waals surface area contributed by atoms with Crippen molar-refractivity contribution in [3.05, 3.63) is 52.4 Å². The van der Waals surface area contributed by atoms with Gasteiger partial charge in [-0.3, -0.25) is 4.79 Å². The van der Waals surface area contributed by atoms with E-state index in [2.05, 4.69) is 9.97 Å². The molecule has 0 amide bonds. The van der Waals surface area contributed by atoms with Crippen LogP contribution in [0.2, 0.25) is 0 Å². The molecule has 0 saturated carbocycles. The number of aromatic amines is 1. The average Bonchev–Trinajstić information content (AvgIpc) is 2.46. The lowest BCUT2D eigenvalue weighted by atomic mass is 10.3. The quantitative estimate of drug-likeness (QED) is 0.501. The van der Waals surface area contributed by atoms with Crippen molar-refractivity contribution < 1.29 is 17.9 Å². The predicted octanol–water partition coefficient (Wildman–Crippen LogP) is 3.35. The Morgan fingerprint density at radius 1 is 1.23 bits per heavy atom. The van der Waals surface area contributed by atoms with E-state index in [0.29, 0.717) is 24.8 Å². The van der Waals surface area contributed by atoms with Gasteiger partial charge in [-0.15, -0.1) is 0 Å². The maximum absolute atomic E-state index is 12.5. The molecule has 0 saturated heterocycles. The minimum Gasteiger partial charge on any atom is -0.494 e. The molecular weight excluding hydrogens is 317 g/mol. The number of thioether (sulfide) groups is 1. The molecule has 0 spiro atoms. The van der Waals surface area contributed by atoms with Crippen LogP contribution in [0, 0.1) is 0 Å². The van der Waals surface area contributed by atoms with E-state index in [9.17, 15) is 18.0 Å². The van der Waals surface area contributed by atoms with Crippen molar-refractivity contribution >= 4 is 11.8 Å². The lowest BCUT2D eigenvalue weighted by Crippen LogP contribution is -2.16. The molecule has 0 unspecified atom stereocenters. The second-order valence-corrected chi connectivity index (χ2v) is 5.38. The summed E-state index contributed by atoms with van der Waals surface area (Å²) < 4.78 is 43.1. The summed E-state index contributed by atoms with van der Waals surface area (Å²) in [7, 11) is 0. The molecule has 0 aliphatic heterocycles. The Bertz CT molecular complexity index is 659. The van der Waals surface area contributed by atoms with E-state index in [4.69, 9.17) is 4.74 Å². The smallest absolute Gasteiger partial charge is 0.433 e. The first-order chi connectivity index (χ1) is 10.4. The van der Waals surface area contributed by atoms with Crippen LogP contribution in [-0.4, -0.2) is 22.3 Å². The Balaban J connectivity index is 1.82. The molecule has 4 nitrogen and oxygen atoms in total. The van der Waals surface area contributed by atoms with Crippen LogP contribution in [0.15, 0.2) is 46.3 Å². The van der Waals surface area contributed by atoms with E-state index in [0.717, 1.165) is 17.5 Å². The summed E-state index contributed by atoms with van der Waals surface area (Å²) >= 11 is 1.05. The lowest BCUT2D eigenvalue weighted by Gasteiger charge is -2.07. The number of ether oxygens (including phenoxy) is 1. The first kappa shape index (κ1) is 16.4. The van der Waals surface area contributed by atoms with Crippen molar-refractivity contribution in [2.45, 2.75) is 17.8 Å². The fourth-order valence-electron chi connectivity index (χ4n) is 1.58. The largest absolute Gasteiger partial charge is 0.494 e. The number of benzene rings is 1. The second-order valence-electron chi connectivity index (χ2n) is 4.30. The van der Waals surface area contributed by atoms with E-state index in [1.165, 1.54) is 0 Å². The molecule has 1 heterocycles. The number of hydrogen-bond donors (Lipinski definition) is 1. The minimum atomic E-state index is -4.63. The number of alkyl halides is 3. The normalized spacial score (nSPS) is 11.4. The van der Waals surface area contributed by atoms with Gasteiger partial charge in [0.25, 0.3) is 5.56 Å². The van der Waals surface area contributed by atoms with Gasteiger partial charge in [-0.2, -0.15) is 13.2 Å². The van der Waals surface area contributed by atoms with Gasteiger partial charge < -0.3 is 9.72 Å². The maximum atomic E-state index is 12.5. The van der Waals surface area contributed by atoms with Gasteiger partial charge in [0, 0.05) is 11.8 Å². The van der Waals surface area contributed by atoms with Crippen molar-refractivity contribution in [3.63, 3.8) is 0 Å². The first-order valence-electron chi connectivity index (χ1n) is 6.44. The van der Waals surface area contributed by atoms with Crippen molar-refractivity contribution in [2.24, 2.45) is 0 Å². The van der Waals surface area contributed by atoms with Gasteiger partial charge in [-0.1, -0.05) is 30.0 Å². The Morgan fingerprint density at radius 3 is 2.64 bits per heavy atom. The minimum absolute atomic E-state index is 0.0421. The summed E-state index contributed by atoms with van der Waals surface area (Å²) in [5.41, 5.74) is -2.00. The maximum Gasteiger partial charge on any atom is 0.433 e. The van der Waals surface area contributed by atoms with Crippen molar-refractivity contribution in [3.8, 4) is 5.75 Å². The molecule has 0 aliphatic rings. The van der Waals surface area contributed by atoms with Crippen molar-refractivity contribution in [1.82, 2.24) is 9.97 Å². The molecule has 2 aromatic rings. The zero-order valence-electron chi connectivity index (χ0n) is 11.4. The van der Waals surface area contributed by atoms with E-state index in [1.54, 1.807) is 0 Å². The molecule has 8 heteroatoms. The Labute approximate surface area is 128 Å². The highest BCUT2D eigenvalue weighted by atomic mass is 32.2.